The predicted molar refractivity (Wildman–Crippen MR) is 91.7 cm³/mol. The maximum Gasteiger partial charge on any atom is 0.224 e. The topological polar surface area (TPSA) is 41.1 Å². The van der Waals surface area contributed by atoms with Crippen LogP contribution in [-0.4, -0.2) is 19.0 Å². The third kappa shape index (κ3) is 3.57. The zero-order valence-corrected chi connectivity index (χ0v) is 13.9. The quantitative estimate of drug-likeness (QED) is 0.881. The SMILES string of the molecule is O=C(Cc1ccccc1Br)NCC1NCCc2ccccc21. The number of hydrogen-bond acceptors (Lipinski definition) is 2. The number of fused-ring (bicyclic) bond motifs is 1. The molecule has 0 saturated heterocycles. The number of carbonyl (C=O) groups is 1. The minimum Gasteiger partial charge on any atom is -0.354 e. The molecule has 22 heavy (non-hydrogen) atoms. The second-order valence-electron chi connectivity index (χ2n) is 5.53. The molecule has 1 heterocycles. The largest absolute Gasteiger partial charge is 0.354 e. The number of rotatable bonds is 4. The second-order valence-corrected chi connectivity index (χ2v) is 6.38. The fourth-order valence-electron chi connectivity index (χ4n) is 2.87. The molecule has 1 aliphatic rings. The summed E-state index contributed by atoms with van der Waals surface area (Å²) in [6.45, 7) is 1.59. The molecule has 3 nitrogen and oxygen atoms in total. The van der Waals surface area contributed by atoms with Crippen LogP contribution in [0.25, 0.3) is 0 Å². The van der Waals surface area contributed by atoms with E-state index >= 15 is 0 Å². The Morgan fingerprint density at radius 3 is 2.82 bits per heavy atom. The highest BCUT2D eigenvalue weighted by Gasteiger charge is 2.19. The number of hydrogen-bond donors (Lipinski definition) is 2. The average molecular weight is 359 g/mol. The van der Waals surface area contributed by atoms with Gasteiger partial charge in [-0.25, -0.2) is 0 Å². The van der Waals surface area contributed by atoms with Gasteiger partial charge in [-0.1, -0.05) is 58.4 Å². The Balaban J connectivity index is 1.59. The van der Waals surface area contributed by atoms with E-state index in [0.29, 0.717) is 13.0 Å². The van der Waals surface area contributed by atoms with Crippen LogP contribution in [-0.2, 0) is 17.6 Å². The number of amides is 1. The summed E-state index contributed by atoms with van der Waals surface area (Å²) in [4.78, 5) is 12.2. The van der Waals surface area contributed by atoms with Crippen LogP contribution in [0, 0.1) is 0 Å². The Kier molecular flexibility index (Phi) is 4.90. The molecule has 0 spiro atoms. The van der Waals surface area contributed by atoms with Crippen molar-refractivity contribution in [3.63, 3.8) is 0 Å². The molecular formula is C18H19BrN2O. The third-order valence-corrected chi connectivity index (χ3v) is 4.80. The van der Waals surface area contributed by atoms with Gasteiger partial charge < -0.3 is 10.6 Å². The van der Waals surface area contributed by atoms with Crippen LogP contribution < -0.4 is 10.6 Å². The molecule has 0 bridgehead atoms. The highest BCUT2D eigenvalue weighted by molar-refractivity contribution is 9.10. The van der Waals surface area contributed by atoms with E-state index in [1.165, 1.54) is 11.1 Å². The average Bonchev–Trinajstić information content (AvgIpc) is 2.55. The second kappa shape index (κ2) is 7.07. The van der Waals surface area contributed by atoms with Crippen molar-refractivity contribution >= 4 is 21.8 Å². The summed E-state index contributed by atoms with van der Waals surface area (Å²) in [5.74, 6) is 0.0526. The highest BCUT2D eigenvalue weighted by atomic mass is 79.9. The molecule has 2 aromatic carbocycles. The van der Waals surface area contributed by atoms with Gasteiger partial charge in [0.2, 0.25) is 5.91 Å². The van der Waals surface area contributed by atoms with Crippen molar-refractivity contribution in [2.45, 2.75) is 18.9 Å². The molecule has 0 saturated carbocycles. The van der Waals surface area contributed by atoms with Gasteiger partial charge in [0.05, 0.1) is 6.42 Å². The molecule has 1 unspecified atom stereocenters. The third-order valence-electron chi connectivity index (χ3n) is 4.03. The van der Waals surface area contributed by atoms with Gasteiger partial charge in [-0.15, -0.1) is 0 Å². The number of benzene rings is 2. The lowest BCUT2D eigenvalue weighted by atomic mass is 9.94. The van der Waals surface area contributed by atoms with Crippen LogP contribution in [0.3, 0.4) is 0 Å². The van der Waals surface area contributed by atoms with E-state index in [9.17, 15) is 4.79 Å². The molecule has 3 rings (SSSR count). The minimum absolute atomic E-state index is 0.0526. The summed E-state index contributed by atoms with van der Waals surface area (Å²) in [6.07, 6.45) is 1.45. The molecule has 0 fully saturated rings. The van der Waals surface area contributed by atoms with Crippen LogP contribution in [0.15, 0.2) is 53.0 Å². The normalized spacial score (nSPS) is 16.9. The van der Waals surface area contributed by atoms with Gasteiger partial charge in [0.1, 0.15) is 0 Å². The molecular weight excluding hydrogens is 340 g/mol. The van der Waals surface area contributed by atoms with Gasteiger partial charge >= 0.3 is 0 Å². The molecule has 114 valence electrons. The minimum atomic E-state index is 0.0526. The summed E-state index contributed by atoms with van der Waals surface area (Å²) in [5.41, 5.74) is 3.69. The number of nitrogens with one attached hydrogen (secondary N) is 2. The molecule has 0 aliphatic carbocycles. The van der Waals surface area contributed by atoms with Crippen molar-refractivity contribution in [2.24, 2.45) is 0 Å². The Bertz CT molecular complexity index is 672. The van der Waals surface area contributed by atoms with Crippen molar-refractivity contribution in [3.05, 3.63) is 69.7 Å². The smallest absolute Gasteiger partial charge is 0.224 e. The van der Waals surface area contributed by atoms with E-state index in [1.54, 1.807) is 0 Å². The standard InChI is InChI=1S/C18H19BrN2O/c19-16-8-4-2-6-14(16)11-18(22)21-12-17-15-7-3-1-5-13(15)9-10-20-17/h1-8,17,20H,9-12H2,(H,21,22). The summed E-state index contributed by atoms with van der Waals surface area (Å²) in [5, 5.41) is 6.53. The van der Waals surface area contributed by atoms with E-state index in [0.717, 1.165) is 23.0 Å². The fraction of sp³-hybridized carbons (Fsp3) is 0.278. The van der Waals surface area contributed by atoms with E-state index < -0.39 is 0 Å². The van der Waals surface area contributed by atoms with E-state index in [1.807, 2.05) is 24.3 Å². The van der Waals surface area contributed by atoms with Crippen molar-refractivity contribution < 1.29 is 4.79 Å². The van der Waals surface area contributed by atoms with Crippen molar-refractivity contribution in [1.82, 2.24) is 10.6 Å². The Morgan fingerprint density at radius 1 is 1.18 bits per heavy atom. The molecule has 2 N–H and O–H groups in total. The predicted octanol–water partition coefficient (Wildman–Crippen LogP) is 2.99. The first-order valence-corrected chi connectivity index (χ1v) is 8.34. The first kappa shape index (κ1) is 15.3. The van der Waals surface area contributed by atoms with Gasteiger partial charge in [-0.05, 0) is 35.7 Å². The zero-order chi connectivity index (χ0) is 15.4. The van der Waals surface area contributed by atoms with Crippen LogP contribution in [0.5, 0.6) is 0 Å². The number of halogens is 1. The maximum atomic E-state index is 12.2. The van der Waals surface area contributed by atoms with Gasteiger partial charge in [0, 0.05) is 17.1 Å². The maximum absolute atomic E-state index is 12.2. The van der Waals surface area contributed by atoms with Gasteiger partial charge in [0.25, 0.3) is 0 Å². The Labute approximate surface area is 139 Å². The molecule has 0 radical (unpaired) electrons. The monoisotopic (exact) mass is 358 g/mol. The van der Waals surface area contributed by atoms with Gasteiger partial charge in [-0.2, -0.15) is 0 Å². The van der Waals surface area contributed by atoms with Gasteiger partial charge in [0.15, 0.2) is 0 Å². The molecule has 4 heteroatoms. The van der Waals surface area contributed by atoms with Gasteiger partial charge in [-0.3, -0.25) is 4.79 Å². The summed E-state index contributed by atoms with van der Waals surface area (Å²) in [7, 11) is 0. The van der Waals surface area contributed by atoms with Crippen molar-refractivity contribution in [2.75, 3.05) is 13.1 Å². The summed E-state index contributed by atoms with van der Waals surface area (Å²) in [6, 6.07) is 16.5. The van der Waals surface area contributed by atoms with Crippen LogP contribution in [0.4, 0.5) is 0 Å². The summed E-state index contributed by atoms with van der Waals surface area (Å²) >= 11 is 3.48. The molecule has 0 aromatic heterocycles. The molecule has 1 aliphatic heterocycles. The molecule has 1 atom stereocenters. The van der Waals surface area contributed by atoms with Crippen LogP contribution in [0.2, 0.25) is 0 Å². The number of carbonyl (C=O) groups excluding carboxylic acids is 1. The lowest BCUT2D eigenvalue weighted by Gasteiger charge is -2.27. The molecule has 1 amide bonds. The fourth-order valence-corrected chi connectivity index (χ4v) is 3.29. The van der Waals surface area contributed by atoms with Crippen LogP contribution >= 0.6 is 15.9 Å². The Hall–Kier alpha value is -1.65. The van der Waals surface area contributed by atoms with Crippen molar-refractivity contribution in [3.8, 4) is 0 Å². The van der Waals surface area contributed by atoms with Crippen LogP contribution in [0.1, 0.15) is 22.7 Å². The lowest BCUT2D eigenvalue weighted by molar-refractivity contribution is -0.120. The summed E-state index contributed by atoms with van der Waals surface area (Å²) < 4.78 is 0.978. The highest BCUT2D eigenvalue weighted by Crippen LogP contribution is 2.22. The van der Waals surface area contributed by atoms with E-state index in [-0.39, 0.29) is 11.9 Å². The zero-order valence-electron chi connectivity index (χ0n) is 12.3. The van der Waals surface area contributed by atoms with E-state index in [4.69, 9.17) is 0 Å². The van der Waals surface area contributed by atoms with Crippen molar-refractivity contribution in [1.29, 1.82) is 0 Å². The van der Waals surface area contributed by atoms with E-state index in [2.05, 4.69) is 50.8 Å². The first-order chi connectivity index (χ1) is 10.7. The first-order valence-electron chi connectivity index (χ1n) is 7.55. The molecule has 2 aromatic rings. The lowest BCUT2D eigenvalue weighted by Crippen LogP contribution is -2.39. The Morgan fingerprint density at radius 2 is 1.95 bits per heavy atom.